The summed E-state index contributed by atoms with van der Waals surface area (Å²) in [6.07, 6.45) is 0.129. The predicted molar refractivity (Wildman–Crippen MR) is 59.1 cm³/mol. The molecule has 0 aromatic carbocycles. The molecule has 0 saturated heterocycles. The zero-order chi connectivity index (χ0) is 11.9. The maximum absolute atomic E-state index is 11.5. The molecule has 0 radical (unpaired) electrons. The van der Waals surface area contributed by atoms with Crippen LogP contribution in [0.5, 0.6) is 0 Å². The van der Waals surface area contributed by atoms with Crippen molar-refractivity contribution in [3.8, 4) is 0 Å². The van der Waals surface area contributed by atoms with E-state index in [4.69, 9.17) is 16.3 Å². The first-order chi connectivity index (χ1) is 7.00. The van der Waals surface area contributed by atoms with E-state index >= 15 is 0 Å². The van der Waals surface area contributed by atoms with E-state index in [2.05, 4.69) is 5.32 Å². The largest absolute Gasteiger partial charge is 0.450 e. The molecule has 0 rings (SSSR count). The molecule has 15 heavy (non-hydrogen) atoms. The van der Waals surface area contributed by atoms with E-state index in [1.807, 2.05) is 6.92 Å². The molecule has 1 unspecified atom stereocenters. The van der Waals surface area contributed by atoms with Crippen LogP contribution in [-0.2, 0) is 9.53 Å². The van der Waals surface area contributed by atoms with Crippen molar-refractivity contribution >= 4 is 23.5 Å². The molecule has 1 atom stereocenters. The van der Waals surface area contributed by atoms with Crippen molar-refractivity contribution in [3.63, 3.8) is 0 Å². The van der Waals surface area contributed by atoms with Crippen LogP contribution in [0.3, 0.4) is 0 Å². The van der Waals surface area contributed by atoms with Gasteiger partial charge in [0.05, 0.1) is 12.5 Å². The van der Waals surface area contributed by atoms with Crippen molar-refractivity contribution in [3.05, 3.63) is 0 Å². The number of alkyl carbamates (subject to hydrolysis) is 1. The summed E-state index contributed by atoms with van der Waals surface area (Å²) >= 11 is 5.50. The van der Waals surface area contributed by atoms with Gasteiger partial charge < -0.3 is 10.1 Å². The molecule has 0 spiro atoms. The minimum atomic E-state index is -0.603. The Morgan fingerprint density at radius 3 is 2.40 bits per heavy atom. The van der Waals surface area contributed by atoms with Crippen LogP contribution in [0, 0.1) is 5.41 Å². The number of halogens is 1. The maximum atomic E-state index is 11.5. The molecule has 0 aliphatic carbocycles. The number of ketones is 1. The van der Waals surface area contributed by atoms with Crippen LogP contribution in [0.4, 0.5) is 4.79 Å². The Morgan fingerprint density at radius 1 is 1.40 bits per heavy atom. The van der Waals surface area contributed by atoms with Gasteiger partial charge in [-0.3, -0.25) is 4.79 Å². The normalized spacial score (nSPS) is 14.1. The maximum Gasteiger partial charge on any atom is 0.407 e. The van der Waals surface area contributed by atoms with Crippen LogP contribution in [0.25, 0.3) is 0 Å². The molecular formula is C10H18ClNO3. The first-order valence-corrected chi connectivity index (χ1v) is 5.53. The zero-order valence-electron chi connectivity index (χ0n) is 9.43. The molecule has 0 aromatic heterocycles. The Morgan fingerprint density at radius 2 is 2.00 bits per heavy atom. The van der Waals surface area contributed by atoms with E-state index < -0.39 is 11.5 Å². The van der Waals surface area contributed by atoms with Gasteiger partial charge in [0.25, 0.3) is 0 Å². The lowest BCUT2D eigenvalue weighted by molar-refractivity contribution is -0.125. The number of ether oxygens (including phenoxy) is 1. The first kappa shape index (κ1) is 14.2. The van der Waals surface area contributed by atoms with E-state index in [1.165, 1.54) is 0 Å². The average Bonchev–Trinajstić information content (AvgIpc) is 2.25. The molecule has 0 aliphatic rings. The Hall–Kier alpha value is -0.770. The number of carbonyl (C=O) groups excluding carboxylic acids is 2. The van der Waals surface area contributed by atoms with E-state index in [0.29, 0.717) is 13.0 Å². The van der Waals surface area contributed by atoms with Crippen molar-refractivity contribution in [2.75, 3.05) is 19.0 Å². The Kier molecular flexibility index (Phi) is 6.32. The minimum absolute atomic E-state index is 0.0329. The molecule has 0 heterocycles. The minimum Gasteiger partial charge on any atom is -0.450 e. The van der Waals surface area contributed by atoms with Crippen molar-refractivity contribution in [1.29, 1.82) is 0 Å². The fourth-order valence-electron chi connectivity index (χ4n) is 1.03. The van der Waals surface area contributed by atoms with Gasteiger partial charge in [0, 0.05) is 12.0 Å². The highest BCUT2D eigenvalue weighted by atomic mass is 35.5. The number of amides is 1. The number of alkyl halides is 1. The summed E-state index contributed by atoms with van der Waals surface area (Å²) < 4.78 is 4.70. The fourth-order valence-corrected chi connectivity index (χ4v) is 1.35. The SMILES string of the molecule is CCOC(=O)NCC(C)(CC)C(=O)CCl. The van der Waals surface area contributed by atoms with Gasteiger partial charge in [-0.2, -0.15) is 0 Å². The summed E-state index contributed by atoms with van der Waals surface area (Å²) in [5, 5.41) is 2.55. The molecule has 4 nitrogen and oxygen atoms in total. The van der Waals surface area contributed by atoms with Gasteiger partial charge >= 0.3 is 6.09 Å². The first-order valence-electron chi connectivity index (χ1n) is 5.00. The predicted octanol–water partition coefficient (Wildman–Crippen LogP) is 1.96. The van der Waals surface area contributed by atoms with E-state index in [1.54, 1.807) is 13.8 Å². The molecule has 1 N–H and O–H groups in total. The molecule has 5 heteroatoms. The third-order valence-electron chi connectivity index (χ3n) is 2.47. The van der Waals surface area contributed by atoms with E-state index in [-0.39, 0.29) is 18.2 Å². The number of hydrogen-bond donors (Lipinski definition) is 1. The Bertz CT molecular complexity index is 233. The molecule has 0 aliphatic heterocycles. The summed E-state index contributed by atoms with van der Waals surface area (Å²) in [5.41, 5.74) is -0.603. The van der Waals surface area contributed by atoms with Gasteiger partial charge in [0.1, 0.15) is 0 Å². The average molecular weight is 236 g/mol. The summed E-state index contributed by atoms with van der Waals surface area (Å²) in [6.45, 7) is 5.97. The molecule has 0 fully saturated rings. The highest BCUT2D eigenvalue weighted by molar-refractivity contribution is 6.28. The van der Waals surface area contributed by atoms with Gasteiger partial charge in [0.15, 0.2) is 5.78 Å². The van der Waals surface area contributed by atoms with E-state index in [9.17, 15) is 9.59 Å². The van der Waals surface area contributed by atoms with Crippen LogP contribution in [0.15, 0.2) is 0 Å². The lowest BCUT2D eigenvalue weighted by atomic mass is 9.83. The van der Waals surface area contributed by atoms with Crippen molar-refractivity contribution in [2.24, 2.45) is 5.41 Å². The van der Waals surface area contributed by atoms with Gasteiger partial charge in [-0.15, -0.1) is 11.6 Å². The van der Waals surface area contributed by atoms with Gasteiger partial charge in [0.2, 0.25) is 0 Å². The number of Topliss-reactive ketones (excluding diaryl/α,β-unsaturated/α-hetero) is 1. The lowest BCUT2D eigenvalue weighted by Gasteiger charge is -2.25. The highest BCUT2D eigenvalue weighted by Crippen LogP contribution is 2.21. The van der Waals surface area contributed by atoms with Crippen molar-refractivity contribution in [1.82, 2.24) is 5.32 Å². The summed E-state index contributed by atoms with van der Waals surface area (Å²) in [7, 11) is 0. The lowest BCUT2D eigenvalue weighted by Crippen LogP contribution is -2.41. The third-order valence-corrected chi connectivity index (χ3v) is 2.72. The summed E-state index contributed by atoms with van der Waals surface area (Å²) in [5.74, 6) is -0.0991. The number of hydrogen-bond acceptors (Lipinski definition) is 3. The molecule has 88 valence electrons. The molecular weight excluding hydrogens is 218 g/mol. The number of nitrogens with one attached hydrogen (secondary N) is 1. The van der Waals surface area contributed by atoms with Crippen LogP contribution < -0.4 is 5.32 Å². The number of carbonyl (C=O) groups is 2. The molecule has 0 aromatic rings. The number of rotatable bonds is 6. The van der Waals surface area contributed by atoms with Crippen molar-refractivity contribution in [2.45, 2.75) is 27.2 Å². The topological polar surface area (TPSA) is 55.4 Å². The quantitative estimate of drug-likeness (QED) is 0.716. The standard InChI is InChI=1S/C10H18ClNO3/c1-4-10(3,8(13)6-11)7-12-9(14)15-5-2/h4-7H2,1-3H3,(H,12,14). The summed E-state index contributed by atoms with van der Waals surface area (Å²) in [4.78, 5) is 22.6. The fraction of sp³-hybridized carbons (Fsp3) is 0.800. The molecule has 1 amide bonds. The van der Waals surface area contributed by atoms with Gasteiger partial charge in [-0.05, 0) is 13.3 Å². The van der Waals surface area contributed by atoms with Crippen LogP contribution in [0.2, 0.25) is 0 Å². The Labute approximate surface area is 95.3 Å². The highest BCUT2D eigenvalue weighted by Gasteiger charge is 2.30. The van der Waals surface area contributed by atoms with Crippen LogP contribution >= 0.6 is 11.6 Å². The van der Waals surface area contributed by atoms with Crippen molar-refractivity contribution < 1.29 is 14.3 Å². The second-order valence-electron chi connectivity index (χ2n) is 3.55. The Balaban J connectivity index is 4.21. The second-order valence-corrected chi connectivity index (χ2v) is 3.81. The zero-order valence-corrected chi connectivity index (χ0v) is 10.2. The smallest absolute Gasteiger partial charge is 0.407 e. The monoisotopic (exact) mass is 235 g/mol. The molecule has 0 saturated carbocycles. The van der Waals surface area contributed by atoms with Gasteiger partial charge in [-0.1, -0.05) is 13.8 Å². The van der Waals surface area contributed by atoms with Gasteiger partial charge in [-0.25, -0.2) is 4.79 Å². The summed E-state index contributed by atoms with van der Waals surface area (Å²) in [6, 6.07) is 0. The third kappa shape index (κ3) is 4.51. The van der Waals surface area contributed by atoms with Crippen LogP contribution in [-0.4, -0.2) is 30.9 Å². The van der Waals surface area contributed by atoms with E-state index in [0.717, 1.165) is 0 Å². The molecule has 0 bridgehead atoms. The van der Waals surface area contributed by atoms with Crippen LogP contribution in [0.1, 0.15) is 27.2 Å². The second kappa shape index (κ2) is 6.67.